The van der Waals surface area contributed by atoms with Crippen molar-refractivity contribution in [3.8, 4) is 5.69 Å². The molecule has 4 aromatic rings. The van der Waals surface area contributed by atoms with Gasteiger partial charge in [-0.3, -0.25) is 19.7 Å². The van der Waals surface area contributed by atoms with Crippen LogP contribution in [0.25, 0.3) is 5.69 Å². The minimum atomic E-state index is -0.491. The number of nitrogens with one attached hydrogen (secondary N) is 1. The highest BCUT2D eigenvalue weighted by molar-refractivity contribution is 6.02. The van der Waals surface area contributed by atoms with Crippen molar-refractivity contribution in [1.82, 2.24) is 14.3 Å². The smallest absolute Gasteiger partial charge is 0.292 e. The molecular weight excluding hydrogens is 402 g/mol. The molecule has 0 unspecified atom stereocenters. The largest absolute Gasteiger partial charge is 0.454 e. The van der Waals surface area contributed by atoms with Crippen LogP contribution in [0.4, 0.5) is 11.5 Å². The highest BCUT2D eigenvalue weighted by atomic mass is 16.6. The van der Waals surface area contributed by atoms with Crippen molar-refractivity contribution in [2.45, 2.75) is 13.5 Å². The summed E-state index contributed by atoms with van der Waals surface area (Å²) in [7, 11) is 0. The highest BCUT2D eigenvalue weighted by Crippen LogP contribution is 2.21. The average molecular weight is 419 g/mol. The summed E-state index contributed by atoms with van der Waals surface area (Å²) >= 11 is 0. The zero-order valence-corrected chi connectivity index (χ0v) is 16.4. The zero-order valence-electron chi connectivity index (χ0n) is 16.4. The molecule has 0 bridgehead atoms. The summed E-state index contributed by atoms with van der Waals surface area (Å²) in [4.78, 5) is 34.9. The Bertz CT molecular complexity index is 1320. The number of carbonyl (C=O) groups is 1. The molecule has 31 heavy (non-hydrogen) atoms. The predicted molar refractivity (Wildman–Crippen MR) is 111 cm³/mol. The lowest BCUT2D eigenvalue weighted by molar-refractivity contribution is -0.384. The topological polar surface area (TPSA) is 125 Å². The van der Waals surface area contributed by atoms with Gasteiger partial charge in [-0.05, 0) is 37.3 Å². The molecule has 0 fully saturated rings. The van der Waals surface area contributed by atoms with Gasteiger partial charge in [-0.15, -0.1) is 0 Å². The molecule has 1 N–H and O–H groups in total. The Labute approximate surface area is 175 Å². The Morgan fingerprint density at radius 2 is 1.94 bits per heavy atom. The van der Waals surface area contributed by atoms with Gasteiger partial charge in [-0.2, -0.15) is 5.10 Å². The molecule has 0 spiro atoms. The maximum atomic E-state index is 12.7. The van der Waals surface area contributed by atoms with Crippen LogP contribution in [0, 0.1) is 17.0 Å². The summed E-state index contributed by atoms with van der Waals surface area (Å²) in [5.74, 6) is 0.426. The van der Waals surface area contributed by atoms with Crippen molar-refractivity contribution in [1.29, 1.82) is 0 Å². The van der Waals surface area contributed by atoms with E-state index in [2.05, 4.69) is 10.4 Å². The Balaban J connectivity index is 1.53. The number of nitro benzene ring substituents is 1. The van der Waals surface area contributed by atoms with E-state index in [-0.39, 0.29) is 23.6 Å². The molecule has 0 aliphatic heterocycles. The number of aryl methyl sites for hydroxylation is 1. The summed E-state index contributed by atoms with van der Waals surface area (Å²) in [6, 6.07) is 15.5. The Morgan fingerprint density at radius 3 is 2.65 bits per heavy atom. The summed E-state index contributed by atoms with van der Waals surface area (Å²) in [6.45, 7) is 1.97. The number of rotatable bonds is 6. The van der Waals surface area contributed by atoms with Crippen molar-refractivity contribution >= 4 is 17.4 Å². The molecule has 4 rings (SSSR count). The van der Waals surface area contributed by atoms with Crippen LogP contribution < -0.4 is 10.9 Å². The Morgan fingerprint density at radius 1 is 1.16 bits per heavy atom. The first kappa shape index (κ1) is 19.8. The first-order chi connectivity index (χ1) is 14.9. The van der Waals surface area contributed by atoms with E-state index in [9.17, 15) is 19.7 Å². The van der Waals surface area contributed by atoms with Crippen molar-refractivity contribution in [3.05, 3.63) is 105 Å². The number of amides is 1. The second-order valence-corrected chi connectivity index (χ2v) is 6.74. The number of pyridine rings is 1. The van der Waals surface area contributed by atoms with Gasteiger partial charge in [-0.1, -0.05) is 6.07 Å². The normalized spacial score (nSPS) is 10.7. The van der Waals surface area contributed by atoms with Gasteiger partial charge in [0.1, 0.15) is 11.6 Å². The summed E-state index contributed by atoms with van der Waals surface area (Å²) < 4.78 is 8.54. The molecule has 0 saturated carbocycles. The van der Waals surface area contributed by atoms with Crippen molar-refractivity contribution < 1.29 is 14.1 Å². The van der Waals surface area contributed by atoms with Crippen LogP contribution in [-0.4, -0.2) is 25.2 Å². The molecule has 156 valence electrons. The minimum absolute atomic E-state index is 0.0427. The fraction of sp³-hybridized carbons (Fsp3) is 0.0952. The third-order valence-electron chi connectivity index (χ3n) is 4.49. The van der Waals surface area contributed by atoms with Crippen LogP contribution in [0.2, 0.25) is 0 Å². The first-order valence-corrected chi connectivity index (χ1v) is 9.28. The predicted octanol–water partition coefficient (Wildman–Crippen LogP) is 3.14. The SMILES string of the molecule is Cc1cc(NC(=O)c2ccc(Cn3ccccc3=O)o2)n(-c2ccc([N+](=O)[O-])cc2)n1. The molecule has 3 aromatic heterocycles. The molecule has 1 aromatic carbocycles. The zero-order chi connectivity index (χ0) is 22.0. The number of nitrogens with zero attached hydrogens (tertiary/aromatic N) is 4. The number of hydrogen-bond acceptors (Lipinski definition) is 6. The average Bonchev–Trinajstić information content (AvgIpc) is 3.36. The lowest BCUT2D eigenvalue weighted by atomic mass is 10.3. The summed E-state index contributed by atoms with van der Waals surface area (Å²) in [5, 5.41) is 17.9. The van der Waals surface area contributed by atoms with Crippen LogP contribution in [0.1, 0.15) is 22.0 Å². The van der Waals surface area contributed by atoms with Crippen LogP contribution >= 0.6 is 0 Å². The third kappa shape index (κ3) is 4.27. The van der Waals surface area contributed by atoms with E-state index in [1.165, 1.54) is 33.5 Å². The number of furan rings is 1. The Hall–Kier alpha value is -4.47. The van der Waals surface area contributed by atoms with E-state index in [4.69, 9.17) is 4.42 Å². The van der Waals surface area contributed by atoms with Gasteiger partial charge in [0.05, 0.1) is 22.8 Å². The molecule has 10 nitrogen and oxygen atoms in total. The number of hydrogen-bond donors (Lipinski definition) is 1. The quantitative estimate of drug-likeness (QED) is 0.378. The van der Waals surface area contributed by atoms with E-state index in [0.717, 1.165) is 0 Å². The van der Waals surface area contributed by atoms with Gasteiger partial charge in [0.15, 0.2) is 5.76 Å². The standard InChI is InChI=1S/C21H17N5O5/c1-14-12-19(25(23-14)15-5-7-16(8-6-15)26(29)30)22-21(28)18-10-9-17(31-18)13-24-11-3-2-4-20(24)27/h2-12H,13H2,1H3,(H,22,28). The molecular formula is C21H17N5O5. The molecule has 3 heterocycles. The molecule has 0 atom stereocenters. The lowest BCUT2D eigenvalue weighted by Crippen LogP contribution is -2.18. The van der Waals surface area contributed by atoms with Crippen molar-refractivity contribution in [2.75, 3.05) is 5.32 Å². The number of anilines is 1. The van der Waals surface area contributed by atoms with Crippen LogP contribution in [0.3, 0.4) is 0 Å². The van der Waals surface area contributed by atoms with Gasteiger partial charge in [0.2, 0.25) is 0 Å². The number of carbonyl (C=O) groups excluding carboxylic acids is 1. The summed E-state index contributed by atoms with van der Waals surface area (Å²) in [6.07, 6.45) is 1.64. The van der Waals surface area contributed by atoms with Gasteiger partial charge in [-0.25, -0.2) is 4.68 Å². The first-order valence-electron chi connectivity index (χ1n) is 9.28. The molecule has 1 amide bonds. The molecule has 0 saturated heterocycles. The molecule has 0 aliphatic carbocycles. The minimum Gasteiger partial charge on any atom is -0.454 e. The molecule has 0 aliphatic rings. The Kier molecular flexibility index (Phi) is 5.19. The maximum Gasteiger partial charge on any atom is 0.292 e. The van der Waals surface area contributed by atoms with E-state index in [0.29, 0.717) is 23.0 Å². The third-order valence-corrected chi connectivity index (χ3v) is 4.49. The van der Waals surface area contributed by atoms with Crippen molar-refractivity contribution in [2.24, 2.45) is 0 Å². The molecule has 0 radical (unpaired) electrons. The van der Waals surface area contributed by atoms with Gasteiger partial charge in [0.25, 0.3) is 17.2 Å². The number of non-ortho nitro benzene ring substituents is 1. The fourth-order valence-corrected chi connectivity index (χ4v) is 3.02. The van der Waals surface area contributed by atoms with E-state index in [1.807, 2.05) is 0 Å². The number of nitro groups is 1. The van der Waals surface area contributed by atoms with E-state index in [1.54, 1.807) is 49.5 Å². The fourth-order valence-electron chi connectivity index (χ4n) is 3.02. The number of benzene rings is 1. The van der Waals surface area contributed by atoms with E-state index < -0.39 is 10.8 Å². The van der Waals surface area contributed by atoms with Gasteiger partial charge in [0, 0.05) is 30.5 Å². The monoisotopic (exact) mass is 419 g/mol. The maximum absolute atomic E-state index is 12.7. The second-order valence-electron chi connectivity index (χ2n) is 6.74. The lowest BCUT2D eigenvalue weighted by Gasteiger charge is -2.08. The van der Waals surface area contributed by atoms with Crippen LogP contribution in [0.5, 0.6) is 0 Å². The highest BCUT2D eigenvalue weighted by Gasteiger charge is 2.16. The number of aromatic nitrogens is 3. The summed E-state index contributed by atoms with van der Waals surface area (Å²) in [5.41, 5.74) is 0.987. The second kappa shape index (κ2) is 8.11. The van der Waals surface area contributed by atoms with Gasteiger partial charge < -0.3 is 14.3 Å². The van der Waals surface area contributed by atoms with Crippen molar-refractivity contribution in [3.63, 3.8) is 0 Å². The van der Waals surface area contributed by atoms with Gasteiger partial charge >= 0.3 is 0 Å². The van der Waals surface area contributed by atoms with E-state index >= 15 is 0 Å². The molecule has 10 heteroatoms. The van der Waals surface area contributed by atoms with Crippen LogP contribution in [-0.2, 0) is 6.54 Å². The van der Waals surface area contributed by atoms with Crippen LogP contribution in [0.15, 0.2) is 76.1 Å².